The molecule has 1 aromatic heterocycles. The zero-order valence-electron chi connectivity index (χ0n) is 12.2. The first kappa shape index (κ1) is 17.7. The Morgan fingerprint density at radius 3 is 2.62 bits per heavy atom. The van der Waals surface area contributed by atoms with E-state index in [2.05, 4.69) is 4.98 Å². The number of rotatable bonds is 5. The molecule has 0 N–H and O–H groups in total. The molecule has 3 rings (SSSR count). The fourth-order valence-corrected chi connectivity index (χ4v) is 4.13. The molecule has 0 atom stereocenters. The number of thioether (sulfide) groups is 1. The quantitative estimate of drug-likeness (QED) is 0.446. The van der Waals surface area contributed by atoms with Gasteiger partial charge < -0.3 is 0 Å². The highest BCUT2D eigenvalue weighted by Gasteiger charge is 2.08. The molecule has 0 saturated heterocycles. The lowest BCUT2D eigenvalue weighted by atomic mass is 10.2. The standard InChI is InChI=1S/C17H11Cl2F2NS2/c18-13-3-1-10(5-14(13)19)6-17-22-12(9-24-17)8-23-16-4-2-11(20)7-15(16)21/h1-5,7,9H,6,8H2. The molecule has 0 bridgehead atoms. The molecular weight excluding hydrogens is 391 g/mol. The highest BCUT2D eigenvalue weighted by molar-refractivity contribution is 7.98. The van der Waals surface area contributed by atoms with Crippen molar-refractivity contribution < 1.29 is 8.78 Å². The van der Waals surface area contributed by atoms with Crippen molar-refractivity contribution in [1.29, 1.82) is 0 Å². The number of aromatic nitrogens is 1. The summed E-state index contributed by atoms with van der Waals surface area (Å²) < 4.78 is 26.5. The van der Waals surface area contributed by atoms with E-state index in [0.29, 0.717) is 27.1 Å². The van der Waals surface area contributed by atoms with Crippen LogP contribution in [0.1, 0.15) is 16.3 Å². The van der Waals surface area contributed by atoms with E-state index in [1.54, 1.807) is 17.4 Å². The van der Waals surface area contributed by atoms with Gasteiger partial charge >= 0.3 is 0 Å². The normalized spacial score (nSPS) is 11.0. The van der Waals surface area contributed by atoms with Gasteiger partial charge in [-0.25, -0.2) is 13.8 Å². The van der Waals surface area contributed by atoms with Gasteiger partial charge in [-0.3, -0.25) is 0 Å². The Hall–Kier alpha value is -1.14. The van der Waals surface area contributed by atoms with Crippen molar-refractivity contribution in [3.05, 3.63) is 79.7 Å². The Labute approximate surface area is 156 Å². The Kier molecular flexibility index (Phi) is 5.76. The lowest BCUT2D eigenvalue weighted by Gasteiger charge is -2.02. The molecule has 3 aromatic rings. The summed E-state index contributed by atoms with van der Waals surface area (Å²) in [7, 11) is 0. The lowest BCUT2D eigenvalue weighted by molar-refractivity contribution is 0.565. The smallest absolute Gasteiger partial charge is 0.139 e. The van der Waals surface area contributed by atoms with Crippen molar-refractivity contribution in [2.75, 3.05) is 0 Å². The molecule has 0 radical (unpaired) electrons. The predicted molar refractivity (Wildman–Crippen MR) is 97.3 cm³/mol. The lowest BCUT2D eigenvalue weighted by Crippen LogP contribution is -1.89. The molecule has 0 unspecified atom stereocenters. The zero-order valence-corrected chi connectivity index (χ0v) is 15.4. The van der Waals surface area contributed by atoms with Crippen LogP contribution in [0, 0.1) is 11.6 Å². The first-order valence-electron chi connectivity index (χ1n) is 6.96. The fraction of sp³-hybridized carbons (Fsp3) is 0.118. The molecule has 0 aliphatic heterocycles. The van der Waals surface area contributed by atoms with Crippen LogP contribution in [0.4, 0.5) is 8.78 Å². The summed E-state index contributed by atoms with van der Waals surface area (Å²) in [4.78, 5) is 4.96. The Bertz CT molecular complexity index is 868. The van der Waals surface area contributed by atoms with Crippen molar-refractivity contribution in [3.8, 4) is 0 Å². The van der Waals surface area contributed by atoms with Gasteiger partial charge in [-0.15, -0.1) is 23.1 Å². The van der Waals surface area contributed by atoms with Crippen molar-refractivity contribution >= 4 is 46.3 Å². The number of benzene rings is 2. The Morgan fingerprint density at radius 2 is 1.88 bits per heavy atom. The second-order valence-corrected chi connectivity index (χ2v) is 7.80. The molecule has 1 heterocycles. The van der Waals surface area contributed by atoms with Crippen molar-refractivity contribution in [1.82, 2.24) is 4.98 Å². The van der Waals surface area contributed by atoms with Crippen molar-refractivity contribution in [2.45, 2.75) is 17.1 Å². The molecule has 0 spiro atoms. The summed E-state index contributed by atoms with van der Waals surface area (Å²) in [6, 6.07) is 9.09. The van der Waals surface area contributed by atoms with Gasteiger partial charge in [0.05, 0.1) is 20.7 Å². The van der Waals surface area contributed by atoms with Gasteiger partial charge in [0.25, 0.3) is 0 Å². The maximum atomic E-state index is 13.6. The van der Waals surface area contributed by atoms with Gasteiger partial charge in [-0.05, 0) is 29.8 Å². The van der Waals surface area contributed by atoms with Crippen molar-refractivity contribution in [3.63, 3.8) is 0 Å². The number of nitrogens with zero attached hydrogens (tertiary/aromatic N) is 1. The third-order valence-corrected chi connectivity index (χ3v) is 5.93. The monoisotopic (exact) mass is 401 g/mol. The van der Waals surface area contributed by atoms with Crippen LogP contribution in [0.5, 0.6) is 0 Å². The molecule has 7 heteroatoms. The maximum absolute atomic E-state index is 13.6. The van der Waals surface area contributed by atoms with Gasteiger partial charge in [0, 0.05) is 28.5 Å². The van der Waals surface area contributed by atoms with E-state index in [4.69, 9.17) is 23.2 Å². The molecule has 24 heavy (non-hydrogen) atoms. The largest absolute Gasteiger partial charge is 0.245 e. The Morgan fingerprint density at radius 1 is 1.04 bits per heavy atom. The number of hydrogen-bond donors (Lipinski definition) is 0. The molecular formula is C17H11Cl2F2NS2. The summed E-state index contributed by atoms with van der Waals surface area (Å²) in [5.41, 5.74) is 1.89. The molecule has 0 aliphatic rings. The van der Waals surface area contributed by atoms with E-state index in [1.165, 1.54) is 23.9 Å². The third kappa shape index (κ3) is 4.48. The molecule has 1 nitrogen and oxygen atoms in total. The minimum absolute atomic E-state index is 0.412. The van der Waals surface area contributed by atoms with Crippen molar-refractivity contribution in [2.24, 2.45) is 0 Å². The molecule has 0 fully saturated rings. The highest BCUT2D eigenvalue weighted by atomic mass is 35.5. The van der Waals surface area contributed by atoms with E-state index in [9.17, 15) is 8.78 Å². The molecule has 2 aromatic carbocycles. The number of hydrogen-bond acceptors (Lipinski definition) is 3. The molecule has 124 valence electrons. The average Bonchev–Trinajstić information content (AvgIpc) is 2.98. The first-order valence-corrected chi connectivity index (χ1v) is 9.58. The van der Waals surface area contributed by atoms with Crippen LogP contribution < -0.4 is 0 Å². The van der Waals surface area contributed by atoms with E-state index in [-0.39, 0.29) is 0 Å². The topological polar surface area (TPSA) is 12.9 Å². The first-order chi connectivity index (χ1) is 11.5. The number of halogens is 4. The zero-order chi connectivity index (χ0) is 17.1. The van der Waals surface area contributed by atoms with Gasteiger partial charge in [0.2, 0.25) is 0 Å². The summed E-state index contributed by atoms with van der Waals surface area (Å²) in [5.74, 6) is -0.596. The van der Waals surface area contributed by atoms with Gasteiger partial charge in [0.15, 0.2) is 0 Å². The van der Waals surface area contributed by atoms with Crippen LogP contribution in [0.3, 0.4) is 0 Å². The third-order valence-electron chi connectivity index (χ3n) is 3.21. The SMILES string of the molecule is Fc1ccc(SCc2csc(Cc3ccc(Cl)c(Cl)c3)n2)c(F)c1. The summed E-state index contributed by atoms with van der Waals surface area (Å²) in [6.07, 6.45) is 0.664. The van der Waals surface area contributed by atoms with E-state index in [1.807, 2.05) is 17.5 Å². The van der Waals surface area contributed by atoms with Gasteiger partial charge in [-0.2, -0.15) is 0 Å². The predicted octanol–water partition coefficient (Wildman–Crippen LogP) is 6.61. The van der Waals surface area contributed by atoms with E-state index >= 15 is 0 Å². The van der Waals surface area contributed by atoms with Crippen LogP contribution in [0.25, 0.3) is 0 Å². The second-order valence-electron chi connectivity index (χ2n) is 5.02. The maximum Gasteiger partial charge on any atom is 0.139 e. The highest BCUT2D eigenvalue weighted by Crippen LogP contribution is 2.28. The summed E-state index contributed by atoms with van der Waals surface area (Å²) in [6.45, 7) is 0. The summed E-state index contributed by atoms with van der Waals surface area (Å²) in [5, 5.41) is 3.94. The summed E-state index contributed by atoms with van der Waals surface area (Å²) >= 11 is 14.8. The minimum Gasteiger partial charge on any atom is -0.245 e. The van der Waals surface area contributed by atoms with Gasteiger partial charge in [0.1, 0.15) is 11.6 Å². The van der Waals surface area contributed by atoms with Crippen LogP contribution in [-0.4, -0.2) is 4.98 Å². The number of thiazole rings is 1. The average molecular weight is 402 g/mol. The molecule has 0 amide bonds. The van der Waals surface area contributed by atoms with Crippen LogP contribution in [0.15, 0.2) is 46.7 Å². The molecule has 0 aliphatic carbocycles. The minimum atomic E-state index is -0.575. The Balaban J connectivity index is 1.63. The van der Waals surface area contributed by atoms with Crippen LogP contribution in [0.2, 0.25) is 10.0 Å². The van der Waals surface area contributed by atoms with Gasteiger partial charge in [-0.1, -0.05) is 29.3 Å². The molecule has 0 saturated carbocycles. The fourth-order valence-electron chi connectivity index (χ4n) is 2.06. The van der Waals surface area contributed by atoms with Crippen LogP contribution in [-0.2, 0) is 12.2 Å². The van der Waals surface area contributed by atoms with Crippen LogP contribution >= 0.6 is 46.3 Å². The second kappa shape index (κ2) is 7.83. The van der Waals surface area contributed by atoms with E-state index in [0.717, 1.165) is 22.3 Å². The van der Waals surface area contributed by atoms with E-state index < -0.39 is 11.6 Å².